The van der Waals surface area contributed by atoms with Crippen LogP contribution in [0.2, 0.25) is 10.0 Å². The molecule has 6 heteroatoms. The Morgan fingerprint density at radius 3 is 2.48 bits per heavy atom. The zero-order chi connectivity index (χ0) is 15.2. The molecule has 0 heterocycles. The highest BCUT2D eigenvalue weighted by molar-refractivity contribution is 9.10. The molecule has 0 amide bonds. The van der Waals surface area contributed by atoms with E-state index in [4.69, 9.17) is 29.0 Å². The number of nitrogens with one attached hydrogen (secondary N) is 1. The number of halogens is 3. The first-order valence-corrected chi connectivity index (χ1v) is 8.90. The van der Waals surface area contributed by atoms with Crippen molar-refractivity contribution in [2.24, 2.45) is 5.84 Å². The molecule has 112 valence electrons. The van der Waals surface area contributed by atoms with Crippen LogP contribution in [-0.2, 0) is 6.42 Å². The van der Waals surface area contributed by atoms with Crippen molar-refractivity contribution in [1.29, 1.82) is 0 Å². The van der Waals surface area contributed by atoms with Crippen molar-refractivity contribution in [3.8, 4) is 0 Å². The first kappa shape index (κ1) is 17.1. The van der Waals surface area contributed by atoms with Gasteiger partial charge in [0.1, 0.15) is 0 Å². The van der Waals surface area contributed by atoms with Crippen molar-refractivity contribution in [2.75, 3.05) is 5.75 Å². The van der Waals surface area contributed by atoms with Crippen molar-refractivity contribution < 1.29 is 0 Å². The molecule has 2 aromatic carbocycles. The van der Waals surface area contributed by atoms with Gasteiger partial charge in [0.25, 0.3) is 0 Å². The van der Waals surface area contributed by atoms with Gasteiger partial charge in [-0.2, -0.15) is 0 Å². The number of rotatable bonds is 6. The number of hydrogen-bond donors (Lipinski definition) is 2. The lowest BCUT2D eigenvalue weighted by Gasteiger charge is -2.16. The van der Waals surface area contributed by atoms with Crippen LogP contribution in [0.15, 0.2) is 51.8 Å². The van der Waals surface area contributed by atoms with Crippen LogP contribution in [0, 0.1) is 0 Å². The lowest BCUT2D eigenvalue weighted by molar-refractivity contribution is 0.575. The van der Waals surface area contributed by atoms with E-state index in [1.165, 1.54) is 4.90 Å². The molecule has 2 nitrogen and oxygen atoms in total. The summed E-state index contributed by atoms with van der Waals surface area (Å²) in [5.74, 6) is 6.51. The normalized spacial score (nSPS) is 12.4. The van der Waals surface area contributed by atoms with E-state index in [1.54, 1.807) is 17.8 Å². The molecule has 2 aromatic rings. The molecule has 1 unspecified atom stereocenters. The van der Waals surface area contributed by atoms with Crippen LogP contribution in [-0.4, -0.2) is 11.8 Å². The van der Waals surface area contributed by atoms with E-state index in [2.05, 4.69) is 33.5 Å². The SMILES string of the molecule is NNC(CSc1ccc(Br)cc1)Cc1ccc(Cl)cc1Cl. The Morgan fingerprint density at radius 1 is 1.14 bits per heavy atom. The molecule has 0 aliphatic carbocycles. The number of nitrogens with two attached hydrogens (primary N) is 1. The third-order valence-electron chi connectivity index (χ3n) is 2.98. The second-order valence-corrected chi connectivity index (χ2v) is 7.42. The van der Waals surface area contributed by atoms with E-state index < -0.39 is 0 Å². The van der Waals surface area contributed by atoms with Gasteiger partial charge in [-0.15, -0.1) is 11.8 Å². The summed E-state index contributed by atoms with van der Waals surface area (Å²) in [4.78, 5) is 1.21. The summed E-state index contributed by atoms with van der Waals surface area (Å²) in [5, 5.41) is 1.32. The third-order valence-corrected chi connectivity index (χ3v) is 5.27. The van der Waals surface area contributed by atoms with E-state index >= 15 is 0 Å². The van der Waals surface area contributed by atoms with E-state index in [9.17, 15) is 0 Å². The molecule has 3 N–H and O–H groups in total. The molecule has 0 saturated carbocycles. The van der Waals surface area contributed by atoms with Gasteiger partial charge in [0.15, 0.2) is 0 Å². The van der Waals surface area contributed by atoms with Crippen LogP contribution in [0.3, 0.4) is 0 Å². The highest BCUT2D eigenvalue weighted by atomic mass is 79.9. The zero-order valence-corrected chi connectivity index (χ0v) is 15.1. The van der Waals surface area contributed by atoms with Crippen molar-refractivity contribution in [2.45, 2.75) is 17.4 Å². The maximum atomic E-state index is 6.20. The third kappa shape index (κ3) is 5.47. The fourth-order valence-electron chi connectivity index (χ4n) is 1.85. The topological polar surface area (TPSA) is 38.0 Å². The first-order valence-electron chi connectivity index (χ1n) is 6.37. The van der Waals surface area contributed by atoms with Gasteiger partial charge in [0, 0.05) is 31.2 Å². The average Bonchev–Trinajstić information content (AvgIpc) is 2.47. The van der Waals surface area contributed by atoms with Crippen LogP contribution >= 0.6 is 50.9 Å². The molecule has 0 radical (unpaired) electrons. The second-order valence-electron chi connectivity index (χ2n) is 4.57. The van der Waals surface area contributed by atoms with Gasteiger partial charge in [-0.1, -0.05) is 45.2 Å². The minimum absolute atomic E-state index is 0.136. The highest BCUT2D eigenvalue weighted by Crippen LogP contribution is 2.25. The molecule has 0 aliphatic heterocycles. The Balaban J connectivity index is 1.95. The quantitative estimate of drug-likeness (QED) is 0.406. The van der Waals surface area contributed by atoms with Crippen LogP contribution < -0.4 is 11.3 Å². The van der Waals surface area contributed by atoms with E-state index in [-0.39, 0.29) is 6.04 Å². The van der Waals surface area contributed by atoms with Crippen LogP contribution in [0.1, 0.15) is 5.56 Å². The maximum Gasteiger partial charge on any atom is 0.0453 e. The van der Waals surface area contributed by atoms with Crippen LogP contribution in [0.4, 0.5) is 0 Å². The lowest BCUT2D eigenvalue weighted by atomic mass is 10.1. The fourth-order valence-corrected chi connectivity index (χ4v) is 3.53. The molecule has 0 spiro atoms. The van der Waals surface area contributed by atoms with Gasteiger partial charge in [-0.05, 0) is 48.4 Å². The van der Waals surface area contributed by atoms with Gasteiger partial charge in [-0.25, -0.2) is 0 Å². The number of hydrazine groups is 1. The summed E-state index contributed by atoms with van der Waals surface area (Å²) < 4.78 is 1.08. The summed E-state index contributed by atoms with van der Waals surface area (Å²) >= 11 is 17.3. The van der Waals surface area contributed by atoms with Crippen molar-refractivity contribution >= 4 is 50.9 Å². The zero-order valence-electron chi connectivity index (χ0n) is 11.2. The summed E-state index contributed by atoms with van der Waals surface area (Å²) in [6.07, 6.45) is 0.760. The molecular formula is C15H15BrCl2N2S. The van der Waals surface area contributed by atoms with Crippen molar-refractivity contribution in [3.05, 3.63) is 62.5 Å². The molecule has 0 aromatic heterocycles. The summed E-state index contributed by atoms with van der Waals surface area (Å²) in [5.41, 5.74) is 3.89. The minimum atomic E-state index is 0.136. The molecule has 1 atom stereocenters. The molecule has 0 saturated heterocycles. The van der Waals surface area contributed by atoms with Gasteiger partial charge in [0.05, 0.1) is 0 Å². The smallest absolute Gasteiger partial charge is 0.0453 e. The Hall–Kier alpha value is -0.230. The predicted molar refractivity (Wildman–Crippen MR) is 96.1 cm³/mol. The lowest BCUT2D eigenvalue weighted by Crippen LogP contribution is -2.38. The molecule has 21 heavy (non-hydrogen) atoms. The Labute approximate surface area is 147 Å². The molecule has 2 rings (SSSR count). The summed E-state index contributed by atoms with van der Waals surface area (Å²) in [6.45, 7) is 0. The largest absolute Gasteiger partial charge is 0.271 e. The maximum absolute atomic E-state index is 6.20. The predicted octanol–water partition coefficient (Wildman–Crippen LogP) is 4.92. The second kappa shape index (κ2) is 8.42. The fraction of sp³-hybridized carbons (Fsp3) is 0.200. The van der Waals surface area contributed by atoms with E-state index in [0.29, 0.717) is 10.0 Å². The monoisotopic (exact) mass is 404 g/mol. The van der Waals surface area contributed by atoms with Crippen LogP contribution in [0.25, 0.3) is 0 Å². The molecule has 0 aliphatic rings. The van der Waals surface area contributed by atoms with E-state index in [0.717, 1.165) is 22.2 Å². The number of benzene rings is 2. The minimum Gasteiger partial charge on any atom is -0.271 e. The summed E-state index contributed by atoms with van der Waals surface area (Å²) in [7, 11) is 0. The van der Waals surface area contributed by atoms with E-state index in [1.807, 2.05) is 24.3 Å². The Bertz CT molecular complexity index is 593. The summed E-state index contributed by atoms with van der Waals surface area (Å²) in [6, 6.07) is 13.9. The molecule has 0 bridgehead atoms. The average molecular weight is 406 g/mol. The number of hydrogen-bond acceptors (Lipinski definition) is 3. The highest BCUT2D eigenvalue weighted by Gasteiger charge is 2.11. The van der Waals surface area contributed by atoms with Gasteiger partial charge in [-0.3, -0.25) is 11.3 Å². The Morgan fingerprint density at radius 2 is 1.86 bits per heavy atom. The first-order chi connectivity index (χ1) is 10.1. The standard InChI is InChI=1S/C15H15BrCl2N2S/c16-11-2-5-14(6-3-11)21-9-13(20-19)7-10-1-4-12(17)8-15(10)18/h1-6,8,13,20H,7,9,19H2. The van der Waals surface area contributed by atoms with Gasteiger partial charge < -0.3 is 0 Å². The van der Waals surface area contributed by atoms with Gasteiger partial charge in [0.2, 0.25) is 0 Å². The van der Waals surface area contributed by atoms with Crippen molar-refractivity contribution in [1.82, 2.24) is 5.43 Å². The van der Waals surface area contributed by atoms with Crippen molar-refractivity contribution in [3.63, 3.8) is 0 Å². The Kier molecular flexibility index (Phi) is 6.86. The molecule has 0 fully saturated rings. The van der Waals surface area contributed by atoms with Gasteiger partial charge >= 0.3 is 0 Å². The number of thioether (sulfide) groups is 1. The van der Waals surface area contributed by atoms with Crippen LogP contribution in [0.5, 0.6) is 0 Å². The molecular weight excluding hydrogens is 391 g/mol.